The number of ketones is 1. The first kappa shape index (κ1) is 23.9. The molecule has 2 saturated heterocycles. The van der Waals surface area contributed by atoms with Crippen molar-refractivity contribution >= 4 is 67.2 Å². The minimum absolute atomic E-state index is 0.0352. The van der Waals surface area contributed by atoms with Crippen LogP contribution in [-0.2, 0) is 4.79 Å². The van der Waals surface area contributed by atoms with E-state index in [2.05, 4.69) is 73.1 Å². The number of hydrogen-bond donors (Lipinski definition) is 3. The summed E-state index contributed by atoms with van der Waals surface area (Å²) in [5.74, 6) is -0.0352. The Morgan fingerprint density at radius 2 is 1.62 bits per heavy atom. The normalized spacial score (nSPS) is 24.2. The molecule has 0 saturated carbocycles. The molecular weight excluding hydrogens is 478 g/mol. The van der Waals surface area contributed by atoms with Crippen LogP contribution in [0.4, 0.5) is 5.69 Å². The maximum absolute atomic E-state index is 13.1. The molecule has 2 aliphatic rings. The largest absolute Gasteiger partial charge is 0.368 e. The molecule has 2 aliphatic heterocycles. The minimum atomic E-state index is -0.442. The molecule has 4 rings (SSSR count). The van der Waals surface area contributed by atoms with Gasteiger partial charge in [0.05, 0.1) is 10.9 Å². The summed E-state index contributed by atoms with van der Waals surface area (Å²) in [7, 11) is 2.15. The molecule has 2 unspecified atom stereocenters. The Balaban J connectivity index is 1.77. The van der Waals surface area contributed by atoms with Crippen molar-refractivity contribution in [3.8, 4) is 11.1 Å². The third-order valence-corrected chi connectivity index (χ3v) is 8.20. The SMILES string of the molecule is CN1CCN(c2cc(-c3ccc(Cl)cc3)ccc2C=C2C(=O)C(S)C(S)CCN2S)CC1. The van der Waals surface area contributed by atoms with Crippen LogP contribution in [0.5, 0.6) is 0 Å². The number of allylic oxidation sites excluding steroid dienone is 1. The second-order valence-electron chi connectivity index (χ2n) is 8.39. The lowest BCUT2D eigenvalue weighted by molar-refractivity contribution is -0.115. The third-order valence-electron chi connectivity index (χ3n) is 6.14. The molecule has 0 aliphatic carbocycles. The maximum atomic E-state index is 13.1. The van der Waals surface area contributed by atoms with Crippen LogP contribution in [0.1, 0.15) is 12.0 Å². The molecule has 0 N–H and O–H groups in total. The van der Waals surface area contributed by atoms with E-state index in [4.69, 9.17) is 11.6 Å². The van der Waals surface area contributed by atoms with Crippen molar-refractivity contribution in [1.29, 1.82) is 0 Å². The molecule has 2 atom stereocenters. The zero-order valence-corrected chi connectivity index (χ0v) is 21.4. The van der Waals surface area contributed by atoms with Crippen LogP contribution in [-0.4, -0.2) is 65.3 Å². The van der Waals surface area contributed by atoms with E-state index in [0.29, 0.717) is 12.2 Å². The van der Waals surface area contributed by atoms with Crippen LogP contribution in [0.2, 0.25) is 5.02 Å². The Kier molecular flexibility index (Phi) is 7.73. The van der Waals surface area contributed by atoms with E-state index in [1.807, 2.05) is 30.3 Å². The first-order valence-electron chi connectivity index (χ1n) is 10.8. The van der Waals surface area contributed by atoms with Gasteiger partial charge >= 0.3 is 0 Å². The number of carbonyl (C=O) groups excluding carboxylic acids is 1. The van der Waals surface area contributed by atoms with Gasteiger partial charge in [-0.2, -0.15) is 25.3 Å². The van der Waals surface area contributed by atoms with Crippen molar-refractivity contribution in [1.82, 2.24) is 9.21 Å². The topological polar surface area (TPSA) is 26.8 Å². The molecule has 0 bridgehead atoms. The fourth-order valence-electron chi connectivity index (χ4n) is 4.09. The first-order chi connectivity index (χ1) is 15.3. The number of benzene rings is 2. The van der Waals surface area contributed by atoms with Gasteiger partial charge in [0.25, 0.3) is 0 Å². The number of halogens is 1. The van der Waals surface area contributed by atoms with Gasteiger partial charge in [0.2, 0.25) is 0 Å². The van der Waals surface area contributed by atoms with Crippen LogP contribution in [0, 0.1) is 0 Å². The number of rotatable bonds is 3. The Hall–Kier alpha value is -1.25. The van der Waals surface area contributed by atoms with Gasteiger partial charge in [-0.1, -0.05) is 48.7 Å². The molecule has 0 aromatic heterocycles. The lowest BCUT2D eigenvalue weighted by Gasteiger charge is -2.35. The molecule has 0 amide bonds. The highest BCUT2D eigenvalue weighted by molar-refractivity contribution is 7.86. The van der Waals surface area contributed by atoms with Crippen LogP contribution >= 0.6 is 49.7 Å². The van der Waals surface area contributed by atoms with Crippen molar-refractivity contribution in [2.45, 2.75) is 16.9 Å². The highest BCUT2D eigenvalue weighted by atomic mass is 35.5. The predicted molar refractivity (Wildman–Crippen MR) is 145 cm³/mol. The lowest BCUT2D eigenvalue weighted by atomic mass is 10.00. The van der Waals surface area contributed by atoms with E-state index in [1.165, 1.54) is 0 Å². The average molecular weight is 506 g/mol. The number of anilines is 1. The van der Waals surface area contributed by atoms with E-state index >= 15 is 0 Å². The van der Waals surface area contributed by atoms with Crippen LogP contribution in [0.25, 0.3) is 17.2 Å². The minimum Gasteiger partial charge on any atom is -0.368 e. The lowest BCUT2D eigenvalue weighted by Crippen LogP contribution is -2.44. The third kappa shape index (κ3) is 5.28. The van der Waals surface area contributed by atoms with Crippen molar-refractivity contribution in [2.24, 2.45) is 0 Å². The van der Waals surface area contributed by atoms with Gasteiger partial charge in [0, 0.05) is 54.2 Å². The molecule has 32 heavy (non-hydrogen) atoms. The maximum Gasteiger partial charge on any atom is 0.193 e. The van der Waals surface area contributed by atoms with E-state index in [-0.39, 0.29) is 11.0 Å². The van der Waals surface area contributed by atoms with E-state index < -0.39 is 5.25 Å². The molecule has 2 aromatic carbocycles. The summed E-state index contributed by atoms with van der Waals surface area (Å²) in [6.45, 7) is 4.52. The Morgan fingerprint density at radius 3 is 2.31 bits per heavy atom. The van der Waals surface area contributed by atoms with E-state index in [0.717, 1.165) is 60.0 Å². The van der Waals surface area contributed by atoms with Gasteiger partial charge < -0.3 is 14.1 Å². The van der Waals surface area contributed by atoms with Crippen LogP contribution < -0.4 is 4.90 Å². The van der Waals surface area contributed by atoms with Crippen molar-refractivity contribution in [2.75, 3.05) is 44.7 Å². The van der Waals surface area contributed by atoms with Gasteiger partial charge in [-0.3, -0.25) is 4.79 Å². The molecule has 0 radical (unpaired) electrons. The number of hydrogen-bond acceptors (Lipinski definition) is 7. The number of carbonyl (C=O) groups is 1. The molecular formula is C24H28ClN3OS3. The summed E-state index contributed by atoms with van der Waals surface area (Å²) in [4.78, 5) is 17.8. The smallest absolute Gasteiger partial charge is 0.193 e. The second-order valence-corrected chi connectivity index (χ2v) is 10.5. The van der Waals surface area contributed by atoms with Gasteiger partial charge in [0.15, 0.2) is 5.78 Å². The summed E-state index contributed by atoms with van der Waals surface area (Å²) >= 11 is 19.8. The summed E-state index contributed by atoms with van der Waals surface area (Å²) < 4.78 is 1.74. The highest BCUT2D eigenvalue weighted by Crippen LogP contribution is 2.33. The molecule has 8 heteroatoms. The summed E-state index contributed by atoms with van der Waals surface area (Å²) in [6, 6.07) is 14.3. The number of Topliss-reactive ketones (excluding diaryl/α,β-unsaturated/α-hetero) is 1. The Bertz CT molecular complexity index is 1010. The molecule has 2 fully saturated rings. The average Bonchev–Trinajstić information content (AvgIpc) is 2.88. The van der Waals surface area contributed by atoms with E-state index in [9.17, 15) is 4.79 Å². The fourth-order valence-corrected chi connectivity index (χ4v) is 5.02. The van der Waals surface area contributed by atoms with Gasteiger partial charge in [-0.05, 0) is 48.9 Å². The Morgan fingerprint density at radius 1 is 0.969 bits per heavy atom. The first-order valence-corrected chi connectivity index (χ1v) is 12.6. The summed E-state index contributed by atoms with van der Waals surface area (Å²) in [6.07, 6.45) is 2.72. The Labute approximate surface area is 212 Å². The second kappa shape index (κ2) is 10.3. The van der Waals surface area contributed by atoms with Crippen LogP contribution in [0.3, 0.4) is 0 Å². The predicted octanol–water partition coefficient (Wildman–Crippen LogP) is 4.82. The monoisotopic (exact) mass is 505 g/mol. The highest BCUT2D eigenvalue weighted by Gasteiger charge is 2.31. The van der Waals surface area contributed by atoms with Gasteiger partial charge in [0.1, 0.15) is 0 Å². The standard InChI is InChI=1S/C24H28ClN3OS3/c1-26-10-12-27(13-11-26)20-14-17(16-4-6-19(25)7-5-16)2-3-18(20)15-21-23(29)24(31)22(30)8-9-28(21)32/h2-7,14-15,22,24,30-32H,8-13H2,1H3. The zero-order valence-electron chi connectivity index (χ0n) is 18.0. The summed E-state index contributed by atoms with van der Waals surface area (Å²) in [5.41, 5.74) is 4.93. The number of piperazine rings is 1. The van der Waals surface area contributed by atoms with Crippen molar-refractivity contribution in [3.05, 3.63) is 58.7 Å². The molecule has 170 valence electrons. The molecule has 0 spiro atoms. The summed E-state index contributed by atoms with van der Waals surface area (Å²) in [5, 5.41) is 0.192. The van der Waals surface area contributed by atoms with Crippen molar-refractivity contribution < 1.29 is 4.79 Å². The number of thiol groups is 3. The van der Waals surface area contributed by atoms with Gasteiger partial charge in [-0.15, -0.1) is 0 Å². The number of likely N-dealkylation sites (N-methyl/N-ethyl adjacent to an activating group) is 1. The molecule has 2 heterocycles. The molecule has 4 nitrogen and oxygen atoms in total. The van der Waals surface area contributed by atoms with Gasteiger partial charge in [-0.25, -0.2) is 0 Å². The zero-order chi connectivity index (χ0) is 22.8. The van der Waals surface area contributed by atoms with Crippen molar-refractivity contribution in [3.63, 3.8) is 0 Å². The van der Waals surface area contributed by atoms with Crippen LogP contribution in [0.15, 0.2) is 48.2 Å². The number of nitrogens with zero attached hydrogens (tertiary/aromatic N) is 3. The fraction of sp³-hybridized carbons (Fsp3) is 0.375. The van der Waals surface area contributed by atoms with E-state index in [1.54, 1.807) is 4.31 Å². The molecule has 2 aromatic rings. The quantitative estimate of drug-likeness (QED) is 0.412.